The lowest BCUT2D eigenvalue weighted by Gasteiger charge is -2.29. The van der Waals surface area contributed by atoms with Crippen molar-refractivity contribution in [1.82, 2.24) is 5.32 Å². The van der Waals surface area contributed by atoms with Crippen molar-refractivity contribution in [3.05, 3.63) is 53.3 Å². The molecule has 0 aromatic heterocycles. The number of methoxy groups -OCH3 is 3. The molecule has 2 aromatic rings. The number of halogens is 1. The molecule has 1 heterocycles. The Labute approximate surface area is 193 Å². The molecule has 1 aliphatic heterocycles. The molecule has 3 rings (SSSR count). The van der Waals surface area contributed by atoms with E-state index in [-0.39, 0.29) is 18.2 Å². The van der Waals surface area contributed by atoms with E-state index in [4.69, 9.17) is 18.4 Å². The standard InChI is InChI=1S/C23H28FNO7S/c1-29-19-11-15(12-20(30-2)22(19)31-3)21(26)18-13-23(14-25-18,9-10-32-33(4,27)28)16-5-7-17(24)8-6-16/h5-8,11-12,18,25H,9-10,13-14H2,1-4H3. The molecule has 180 valence electrons. The highest BCUT2D eigenvalue weighted by atomic mass is 32.2. The summed E-state index contributed by atoms with van der Waals surface area (Å²) in [5.41, 5.74) is 0.567. The molecule has 0 saturated carbocycles. The summed E-state index contributed by atoms with van der Waals surface area (Å²) in [4.78, 5) is 13.4. The summed E-state index contributed by atoms with van der Waals surface area (Å²) in [6, 6.07) is 8.64. The first-order chi connectivity index (χ1) is 15.6. The molecule has 0 bridgehead atoms. The van der Waals surface area contributed by atoms with Crippen molar-refractivity contribution in [2.75, 3.05) is 40.7 Å². The van der Waals surface area contributed by atoms with Gasteiger partial charge in [0.2, 0.25) is 5.75 Å². The number of benzene rings is 2. The first-order valence-electron chi connectivity index (χ1n) is 10.3. The zero-order valence-corrected chi connectivity index (χ0v) is 19.8. The molecule has 10 heteroatoms. The minimum atomic E-state index is -3.61. The van der Waals surface area contributed by atoms with Crippen LogP contribution >= 0.6 is 0 Å². The lowest BCUT2D eigenvalue weighted by molar-refractivity contribution is 0.0947. The van der Waals surface area contributed by atoms with Crippen molar-refractivity contribution in [2.24, 2.45) is 0 Å². The zero-order valence-electron chi connectivity index (χ0n) is 19.0. The van der Waals surface area contributed by atoms with Crippen LogP contribution in [0.2, 0.25) is 0 Å². The Balaban J connectivity index is 1.90. The second kappa shape index (κ2) is 10.1. The van der Waals surface area contributed by atoms with E-state index in [0.717, 1.165) is 11.8 Å². The largest absolute Gasteiger partial charge is 0.493 e. The number of hydrogen-bond acceptors (Lipinski definition) is 8. The van der Waals surface area contributed by atoms with Gasteiger partial charge >= 0.3 is 0 Å². The number of ether oxygens (including phenoxy) is 3. The molecular formula is C23H28FNO7S. The lowest BCUT2D eigenvalue weighted by Crippen LogP contribution is -2.31. The van der Waals surface area contributed by atoms with Gasteiger partial charge in [-0.2, -0.15) is 8.42 Å². The average Bonchev–Trinajstić information content (AvgIpc) is 3.22. The van der Waals surface area contributed by atoms with E-state index in [9.17, 15) is 17.6 Å². The Morgan fingerprint density at radius 2 is 1.70 bits per heavy atom. The topological polar surface area (TPSA) is 100 Å². The number of Topliss-reactive ketones (excluding diaryl/α,β-unsaturated/α-hetero) is 1. The van der Waals surface area contributed by atoms with E-state index in [0.29, 0.717) is 42.2 Å². The van der Waals surface area contributed by atoms with Crippen LogP contribution in [0.3, 0.4) is 0 Å². The normalized spacial score (nSPS) is 20.5. The monoisotopic (exact) mass is 481 g/mol. The molecule has 0 amide bonds. The Hall–Kier alpha value is -2.69. The zero-order chi connectivity index (χ0) is 24.2. The predicted octanol–water partition coefficient (Wildman–Crippen LogP) is 2.70. The molecular weight excluding hydrogens is 453 g/mol. The van der Waals surface area contributed by atoms with Gasteiger partial charge in [0.15, 0.2) is 17.3 Å². The molecule has 1 aliphatic rings. The third-order valence-electron chi connectivity index (χ3n) is 5.88. The molecule has 2 aromatic carbocycles. The fourth-order valence-corrected chi connectivity index (χ4v) is 4.60. The number of hydrogen-bond donors (Lipinski definition) is 1. The maximum atomic E-state index is 13.5. The summed E-state index contributed by atoms with van der Waals surface area (Å²) in [6.45, 7) is 0.343. The Kier molecular flexibility index (Phi) is 7.61. The van der Waals surface area contributed by atoms with Gasteiger partial charge in [-0.05, 0) is 42.7 Å². The van der Waals surface area contributed by atoms with Crippen LogP contribution in [-0.4, -0.2) is 61.0 Å². The molecule has 1 saturated heterocycles. The number of ketones is 1. The second-order valence-electron chi connectivity index (χ2n) is 7.98. The highest BCUT2D eigenvalue weighted by Gasteiger charge is 2.43. The van der Waals surface area contributed by atoms with Crippen LogP contribution in [0, 0.1) is 5.82 Å². The van der Waals surface area contributed by atoms with Crippen molar-refractivity contribution in [3.8, 4) is 17.2 Å². The van der Waals surface area contributed by atoms with Crippen LogP contribution in [-0.2, 0) is 19.7 Å². The van der Waals surface area contributed by atoms with Crippen LogP contribution in [0.4, 0.5) is 4.39 Å². The number of nitrogens with one attached hydrogen (secondary N) is 1. The van der Waals surface area contributed by atoms with Gasteiger partial charge < -0.3 is 19.5 Å². The van der Waals surface area contributed by atoms with E-state index in [1.807, 2.05) is 0 Å². The Morgan fingerprint density at radius 1 is 1.09 bits per heavy atom. The first-order valence-corrected chi connectivity index (χ1v) is 12.1. The van der Waals surface area contributed by atoms with Gasteiger partial charge in [-0.1, -0.05) is 12.1 Å². The lowest BCUT2D eigenvalue weighted by atomic mass is 9.75. The maximum absolute atomic E-state index is 13.5. The van der Waals surface area contributed by atoms with E-state index in [2.05, 4.69) is 5.32 Å². The molecule has 0 spiro atoms. The van der Waals surface area contributed by atoms with E-state index >= 15 is 0 Å². The van der Waals surface area contributed by atoms with Gasteiger partial charge in [0.05, 0.1) is 40.2 Å². The second-order valence-corrected chi connectivity index (χ2v) is 9.62. The van der Waals surface area contributed by atoms with Crippen molar-refractivity contribution in [1.29, 1.82) is 0 Å². The summed E-state index contributed by atoms with van der Waals surface area (Å²) in [5.74, 6) is 0.558. The van der Waals surface area contributed by atoms with Crippen LogP contribution in [0.25, 0.3) is 0 Å². The molecule has 0 aliphatic carbocycles. The number of carbonyl (C=O) groups is 1. The van der Waals surface area contributed by atoms with Crippen LogP contribution < -0.4 is 19.5 Å². The quantitative estimate of drug-likeness (QED) is 0.409. The summed E-state index contributed by atoms with van der Waals surface area (Å²) in [6.07, 6.45) is 1.69. The fourth-order valence-electron chi connectivity index (χ4n) is 4.21. The maximum Gasteiger partial charge on any atom is 0.264 e. The predicted molar refractivity (Wildman–Crippen MR) is 120 cm³/mol. The smallest absolute Gasteiger partial charge is 0.264 e. The first kappa shape index (κ1) is 24.9. The molecule has 1 fully saturated rings. The summed E-state index contributed by atoms with van der Waals surface area (Å²) in [5, 5.41) is 3.25. The van der Waals surface area contributed by atoms with Crippen LogP contribution in [0.5, 0.6) is 17.2 Å². The average molecular weight is 482 g/mol. The van der Waals surface area contributed by atoms with Crippen LogP contribution in [0.15, 0.2) is 36.4 Å². The van der Waals surface area contributed by atoms with Gasteiger partial charge in [0.25, 0.3) is 10.1 Å². The Morgan fingerprint density at radius 3 is 2.21 bits per heavy atom. The molecule has 2 unspecified atom stereocenters. The number of carbonyl (C=O) groups excluding carboxylic acids is 1. The van der Waals surface area contributed by atoms with E-state index in [1.54, 1.807) is 24.3 Å². The van der Waals surface area contributed by atoms with Crippen molar-refractivity contribution in [3.63, 3.8) is 0 Å². The van der Waals surface area contributed by atoms with Crippen LogP contribution in [0.1, 0.15) is 28.8 Å². The fraction of sp³-hybridized carbons (Fsp3) is 0.435. The number of rotatable bonds is 10. The van der Waals surface area contributed by atoms with E-state index in [1.165, 1.54) is 33.5 Å². The third kappa shape index (κ3) is 5.63. The SMILES string of the molecule is COc1cc(C(=O)C2CC(CCOS(C)(=O)=O)(c3ccc(F)cc3)CN2)cc(OC)c1OC. The van der Waals surface area contributed by atoms with Gasteiger partial charge in [-0.25, -0.2) is 4.39 Å². The Bertz CT molecular complexity index is 1080. The van der Waals surface area contributed by atoms with Crippen molar-refractivity contribution in [2.45, 2.75) is 24.3 Å². The highest BCUT2D eigenvalue weighted by Crippen LogP contribution is 2.41. The molecule has 1 N–H and O–H groups in total. The minimum absolute atomic E-state index is 0.0526. The van der Waals surface area contributed by atoms with Gasteiger partial charge in [-0.15, -0.1) is 0 Å². The van der Waals surface area contributed by atoms with Gasteiger partial charge in [0.1, 0.15) is 5.82 Å². The van der Waals surface area contributed by atoms with Gasteiger partial charge in [-0.3, -0.25) is 8.98 Å². The summed E-state index contributed by atoms with van der Waals surface area (Å²) >= 11 is 0. The highest BCUT2D eigenvalue weighted by molar-refractivity contribution is 7.85. The molecule has 2 atom stereocenters. The summed E-state index contributed by atoms with van der Waals surface area (Å²) < 4.78 is 57.4. The van der Waals surface area contributed by atoms with Crippen molar-refractivity contribution >= 4 is 15.9 Å². The van der Waals surface area contributed by atoms with Gasteiger partial charge in [0, 0.05) is 17.5 Å². The third-order valence-corrected chi connectivity index (χ3v) is 6.48. The van der Waals surface area contributed by atoms with E-state index < -0.39 is 21.6 Å². The summed E-state index contributed by atoms with van der Waals surface area (Å²) in [7, 11) is 0.815. The minimum Gasteiger partial charge on any atom is -0.493 e. The molecule has 33 heavy (non-hydrogen) atoms. The molecule has 0 radical (unpaired) electrons. The molecule has 8 nitrogen and oxygen atoms in total. The van der Waals surface area contributed by atoms with Crippen molar-refractivity contribution < 1.29 is 36.0 Å².